The molecule has 7 nitrogen and oxygen atoms in total. The van der Waals surface area contributed by atoms with E-state index in [0.717, 1.165) is 32.8 Å². The predicted molar refractivity (Wildman–Crippen MR) is 71.8 cm³/mol. The summed E-state index contributed by atoms with van der Waals surface area (Å²) in [5, 5.41) is 19.9. The van der Waals surface area contributed by atoms with Crippen molar-refractivity contribution in [2.75, 3.05) is 39.5 Å². The molecule has 1 saturated heterocycles. The van der Waals surface area contributed by atoms with Crippen LogP contribution >= 0.6 is 0 Å². The second-order valence-corrected chi connectivity index (χ2v) is 4.51. The van der Waals surface area contributed by atoms with Crippen molar-refractivity contribution in [3.63, 3.8) is 0 Å². The first-order chi connectivity index (χ1) is 9.70. The summed E-state index contributed by atoms with van der Waals surface area (Å²) in [7, 11) is 0. The minimum absolute atomic E-state index is 0.0467. The first-order valence-corrected chi connectivity index (χ1v) is 6.52. The molecule has 1 N–H and O–H groups in total. The summed E-state index contributed by atoms with van der Waals surface area (Å²) < 4.78 is 10.9. The highest BCUT2D eigenvalue weighted by atomic mass is 16.6. The quantitative estimate of drug-likeness (QED) is 0.613. The van der Waals surface area contributed by atoms with Crippen molar-refractivity contribution in [2.24, 2.45) is 0 Å². The van der Waals surface area contributed by atoms with Crippen LogP contribution in [-0.4, -0.2) is 54.4 Å². The van der Waals surface area contributed by atoms with Gasteiger partial charge in [-0.25, -0.2) is 0 Å². The van der Waals surface area contributed by atoms with Crippen LogP contribution < -0.4 is 4.74 Å². The fourth-order valence-electron chi connectivity index (χ4n) is 2.05. The zero-order chi connectivity index (χ0) is 14.4. The van der Waals surface area contributed by atoms with E-state index in [0.29, 0.717) is 17.9 Å². The van der Waals surface area contributed by atoms with Crippen LogP contribution in [0.2, 0.25) is 0 Å². The van der Waals surface area contributed by atoms with E-state index in [4.69, 9.17) is 9.47 Å². The highest BCUT2D eigenvalue weighted by Gasteiger charge is 2.13. The van der Waals surface area contributed by atoms with Crippen LogP contribution in [0.25, 0.3) is 0 Å². The number of rotatable bonds is 6. The molecule has 0 spiro atoms. The Bertz CT molecular complexity index is 460. The molecule has 1 aromatic rings. The van der Waals surface area contributed by atoms with Gasteiger partial charge in [0.15, 0.2) is 0 Å². The van der Waals surface area contributed by atoms with Crippen LogP contribution in [-0.2, 0) is 11.3 Å². The molecule has 0 bridgehead atoms. The number of hydrogen-bond donors (Lipinski definition) is 1. The van der Waals surface area contributed by atoms with Gasteiger partial charge < -0.3 is 14.6 Å². The number of aliphatic hydroxyl groups excluding tert-OH is 1. The molecule has 2 rings (SSSR count). The van der Waals surface area contributed by atoms with Crippen molar-refractivity contribution in [1.29, 1.82) is 0 Å². The van der Waals surface area contributed by atoms with Crippen molar-refractivity contribution in [3.05, 3.63) is 33.9 Å². The molecule has 0 atom stereocenters. The molecule has 0 saturated carbocycles. The number of ether oxygens (including phenoxy) is 2. The Morgan fingerprint density at radius 2 is 2.15 bits per heavy atom. The van der Waals surface area contributed by atoms with Crippen molar-refractivity contribution in [1.82, 2.24) is 4.90 Å². The second-order valence-electron chi connectivity index (χ2n) is 4.51. The van der Waals surface area contributed by atoms with Gasteiger partial charge >= 0.3 is 0 Å². The summed E-state index contributed by atoms with van der Waals surface area (Å²) in [5.74, 6) is 0.492. The first-order valence-electron chi connectivity index (χ1n) is 6.52. The van der Waals surface area contributed by atoms with Crippen LogP contribution in [0.4, 0.5) is 5.69 Å². The highest BCUT2D eigenvalue weighted by molar-refractivity contribution is 5.43. The van der Waals surface area contributed by atoms with Gasteiger partial charge in [0.1, 0.15) is 12.4 Å². The van der Waals surface area contributed by atoms with Gasteiger partial charge in [0.25, 0.3) is 5.69 Å². The van der Waals surface area contributed by atoms with Crippen LogP contribution in [0, 0.1) is 10.1 Å². The molecule has 1 heterocycles. The number of non-ortho nitro benzene ring substituents is 1. The fourth-order valence-corrected chi connectivity index (χ4v) is 2.05. The van der Waals surface area contributed by atoms with Gasteiger partial charge in [-0.1, -0.05) is 0 Å². The molecule has 1 aliphatic heterocycles. The molecule has 0 aliphatic carbocycles. The number of aliphatic hydroxyl groups is 1. The molecule has 0 amide bonds. The molecule has 1 fully saturated rings. The lowest BCUT2D eigenvalue weighted by molar-refractivity contribution is -0.385. The Balaban J connectivity index is 1.89. The van der Waals surface area contributed by atoms with Gasteiger partial charge in [-0.15, -0.1) is 0 Å². The maximum Gasteiger partial charge on any atom is 0.270 e. The maximum absolute atomic E-state index is 10.7. The van der Waals surface area contributed by atoms with Crippen molar-refractivity contribution >= 4 is 5.69 Å². The number of benzene rings is 1. The summed E-state index contributed by atoms with van der Waals surface area (Å²) in [4.78, 5) is 12.4. The third kappa shape index (κ3) is 3.89. The molecule has 1 aromatic carbocycles. The topological polar surface area (TPSA) is 85.1 Å². The average Bonchev–Trinajstić information content (AvgIpc) is 2.48. The largest absolute Gasteiger partial charge is 0.492 e. The summed E-state index contributed by atoms with van der Waals surface area (Å²) in [6, 6.07) is 4.25. The fraction of sp³-hybridized carbons (Fsp3) is 0.538. The van der Waals surface area contributed by atoms with Crippen molar-refractivity contribution < 1.29 is 19.5 Å². The van der Waals surface area contributed by atoms with E-state index in [-0.39, 0.29) is 12.3 Å². The van der Waals surface area contributed by atoms with Gasteiger partial charge in [0.05, 0.1) is 24.7 Å². The average molecular weight is 282 g/mol. The number of morpholine rings is 1. The number of hydrogen-bond acceptors (Lipinski definition) is 6. The van der Waals surface area contributed by atoms with Gasteiger partial charge in [-0.2, -0.15) is 0 Å². The Kier molecular flexibility index (Phi) is 5.28. The van der Waals surface area contributed by atoms with Crippen molar-refractivity contribution in [3.8, 4) is 5.75 Å². The summed E-state index contributed by atoms with van der Waals surface area (Å²) in [6.07, 6.45) is 0. The standard InChI is InChI=1S/C13H18N2O5/c16-10-11-9-12(15(17)18)1-2-13(11)20-8-5-14-3-6-19-7-4-14/h1-2,9,16H,3-8,10H2. The molecule has 7 heteroatoms. The Morgan fingerprint density at radius 1 is 1.40 bits per heavy atom. The minimum atomic E-state index is -0.489. The summed E-state index contributed by atoms with van der Waals surface area (Å²) >= 11 is 0. The summed E-state index contributed by atoms with van der Waals surface area (Å²) in [5.41, 5.74) is 0.385. The van der Waals surface area contributed by atoms with Gasteiger partial charge in [0, 0.05) is 37.3 Å². The van der Waals surface area contributed by atoms with Gasteiger partial charge in [-0.3, -0.25) is 15.0 Å². The zero-order valence-electron chi connectivity index (χ0n) is 11.2. The maximum atomic E-state index is 10.7. The van der Waals surface area contributed by atoms with E-state index in [9.17, 15) is 15.2 Å². The van der Waals surface area contributed by atoms with Crippen molar-refractivity contribution in [2.45, 2.75) is 6.61 Å². The van der Waals surface area contributed by atoms with E-state index in [1.807, 2.05) is 0 Å². The second kappa shape index (κ2) is 7.18. The lowest BCUT2D eigenvalue weighted by Crippen LogP contribution is -2.38. The molecule has 0 radical (unpaired) electrons. The van der Waals surface area contributed by atoms with Crippen LogP contribution in [0.1, 0.15) is 5.56 Å². The third-order valence-corrected chi connectivity index (χ3v) is 3.19. The lowest BCUT2D eigenvalue weighted by Gasteiger charge is -2.26. The Labute approximate surface area is 116 Å². The van der Waals surface area contributed by atoms with Gasteiger partial charge in [0.2, 0.25) is 0 Å². The molecule has 0 unspecified atom stereocenters. The van der Waals surface area contributed by atoms with Crippen LogP contribution in [0.15, 0.2) is 18.2 Å². The molecular formula is C13H18N2O5. The smallest absolute Gasteiger partial charge is 0.270 e. The lowest BCUT2D eigenvalue weighted by atomic mass is 10.2. The molecular weight excluding hydrogens is 264 g/mol. The number of nitro benzene ring substituents is 1. The minimum Gasteiger partial charge on any atom is -0.492 e. The third-order valence-electron chi connectivity index (χ3n) is 3.19. The van der Waals surface area contributed by atoms with E-state index < -0.39 is 4.92 Å². The summed E-state index contributed by atoms with van der Waals surface area (Å²) in [6.45, 7) is 4.20. The predicted octanol–water partition coefficient (Wildman–Crippen LogP) is 0.798. The van der Waals surface area contributed by atoms with Crippen LogP contribution in [0.3, 0.4) is 0 Å². The molecule has 0 aromatic heterocycles. The Morgan fingerprint density at radius 3 is 2.80 bits per heavy atom. The van der Waals surface area contributed by atoms with E-state index in [1.165, 1.54) is 18.2 Å². The Hall–Kier alpha value is -1.70. The highest BCUT2D eigenvalue weighted by Crippen LogP contribution is 2.24. The number of nitrogens with zero attached hydrogens (tertiary/aromatic N) is 2. The van der Waals surface area contributed by atoms with Crippen LogP contribution in [0.5, 0.6) is 5.75 Å². The SMILES string of the molecule is O=[N+]([O-])c1ccc(OCCN2CCOCC2)c(CO)c1. The van der Waals surface area contributed by atoms with E-state index in [2.05, 4.69) is 4.90 Å². The zero-order valence-corrected chi connectivity index (χ0v) is 11.2. The van der Waals surface area contributed by atoms with E-state index >= 15 is 0 Å². The number of nitro groups is 1. The van der Waals surface area contributed by atoms with E-state index in [1.54, 1.807) is 0 Å². The monoisotopic (exact) mass is 282 g/mol. The molecule has 110 valence electrons. The van der Waals surface area contributed by atoms with Gasteiger partial charge in [-0.05, 0) is 6.07 Å². The normalized spacial score (nSPS) is 16.1. The first kappa shape index (κ1) is 14.7. The molecule has 20 heavy (non-hydrogen) atoms. The molecule has 1 aliphatic rings.